The zero-order valence-corrected chi connectivity index (χ0v) is 16.5. The number of oxime groups is 1. The smallest absolute Gasteiger partial charge is 0.267 e. The fourth-order valence-electron chi connectivity index (χ4n) is 3.68. The molecular weight excluding hydrogens is 359 g/mol. The number of nitrogens with zero attached hydrogens (tertiary/aromatic N) is 4. The molecule has 0 unspecified atom stereocenters. The van der Waals surface area contributed by atoms with E-state index in [4.69, 9.17) is 4.84 Å². The van der Waals surface area contributed by atoms with Crippen molar-refractivity contribution in [2.24, 2.45) is 12.2 Å². The Morgan fingerprint density at radius 3 is 2.61 bits per heavy atom. The van der Waals surface area contributed by atoms with Gasteiger partial charge in [0.05, 0.1) is 11.4 Å². The van der Waals surface area contributed by atoms with Gasteiger partial charge in [-0.15, -0.1) is 0 Å². The molecule has 0 N–H and O–H groups in total. The molecule has 2 aromatic rings. The van der Waals surface area contributed by atoms with Gasteiger partial charge in [-0.1, -0.05) is 17.3 Å². The Kier molecular flexibility index (Phi) is 4.91. The number of rotatable bonds is 6. The molecule has 0 radical (unpaired) electrons. The largest absolute Gasteiger partial charge is 0.382 e. The minimum absolute atomic E-state index is 0.0111. The van der Waals surface area contributed by atoms with Gasteiger partial charge >= 0.3 is 0 Å². The van der Waals surface area contributed by atoms with Crippen LogP contribution in [0.25, 0.3) is 0 Å². The van der Waals surface area contributed by atoms with Crippen molar-refractivity contribution >= 4 is 11.6 Å². The molecule has 1 aromatic carbocycles. The minimum Gasteiger partial charge on any atom is -0.382 e. The lowest BCUT2D eigenvalue weighted by Crippen LogP contribution is -2.40. The van der Waals surface area contributed by atoms with Crippen LogP contribution in [-0.2, 0) is 29.6 Å². The van der Waals surface area contributed by atoms with Gasteiger partial charge in [-0.3, -0.25) is 9.48 Å². The Morgan fingerprint density at radius 2 is 2.00 bits per heavy atom. The molecule has 7 heteroatoms. The van der Waals surface area contributed by atoms with Crippen molar-refractivity contribution in [3.63, 3.8) is 0 Å². The van der Waals surface area contributed by atoms with Crippen LogP contribution in [0, 0.1) is 19.7 Å². The normalized spacial score (nSPS) is 18.7. The van der Waals surface area contributed by atoms with E-state index in [-0.39, 0.29) is 17.8 Å². The highest BCUT2D eigenvalue weighted by atomic mass is 19.1. The lowest BCUT2D eigenvalue weighted by molar-refractivity contribution is -0.143. The maximum atomic E-state index is 13.2. The summed E-state index contributed by atoms with van der Waals surface area (Å²) in [6.07, 6.45) is 2.52. The van der Waals surface area contributed by atoms with Crippen molar-refractivity contribution in [3.05, 3.63) is 52.6 Å². The van der Waals surface area contributed by atoms with Crippen molar-refractivity contribution in [1.29, 1.82) is 0 Å². The molecule has 2 heterocycles. The summed E-state index contributed by atoms with van der Waals surface area (Å²) in [5, 5.41) is 8.59. The van der Waals surface area contributed by atoms with E-state index in [1.807, 2.05) is 30.5 Å². The number of aryl methyl sites for hydroxylation is 2. The minimum atomic E-state index is -0.576. The monoisotopic (exact) mass is 384 g/mol. The first-order valence-electron chi connectivity index (χ1n) is 9.68. The van der Waals surface area contributed by atoms with E-state index in [9.17, 15) is 9.18 Å². The number of aromatic nitrogens is 2. The Labute approximate surface area is 164 Å². The molecule has 148 valence electrons. The third-order valence-corrected chi connectivity index (χ3v) is 5.59. The molecule has 6 nitrogen and oxygen atoms in total. The average Bonchev–Trinajstić information content (AvgIpc) is 3.35. The second-order valence-electron chi connectivity index (χ2n) is 7.73. The molecule has 1 aliphatic carbocycles. The average molecular weight is 384 g/mol. The highest BCUT2D eigenvalue weighted by Crippen LogP contribution is 2.31. The van der Waals surface area contributed by atoms with Crippen LogP contribution in [0.5, 0.6) is 0 Å². The maximum absolute atomic E-state index is 13.2. The van der Waals surface area contributed by atoms with Gasteiger partial charge in [-0.2, -0.15) is 5.10 Å². The van der Waals surface area contributed by atoms with Gasteiger partial charge in [-0.25, -0.2) is 4.39 Å². The summed E-state index contributed by atoms with van der Waals surface area (Å²) in [4.78, 5) is 20.6. The lowest BCUT2D eigenvalue weighted by atomic mass is 10.0. The van der Waals surface area contributed by atoms with E-state index in [2.05, 4.69) is 10.3 Å². The van der Waals surface area contributed by atoms with Crippen LogP contribution in [0.3, 0.4) is 0 Å². The quantitative estimate of drug-likeness (QED) is 0.769. The number of benzene rings is 1. The van der Waals surface area contributed by atoms with E-state index >= 15 is 0 Å². The summed E-state index contributed by atoms with van der Waals surface area (Å²) in [5.74, 6) is -0.273. The number of hydrogen-bond acceptors (Lipinski definition) is 4. The summed E-state index contributed by atoms with van der Waals surface area (Å²) < 4.78 is 14.9. The molecule has 0 spiro atoms. The molecule has 1 fully saturated rings. The first-order valence-corrected chi connectivity index (χ1v) is 9.68. The van der Waals surface area contributed by atoms with E-state index < -0.39 is 6.10 Å². The van der Waals surface area contributed by atoms with E-state index in [1.165, 1.54) is 12.1 Å². The van der Waals surface area contributed by atoms with Crippen LogP contribution in [-0.4, -0.2) is 38.4 Å². The Balaban J connectivity index is 1.42. The van der Waals surface area contributed by atoms with Crippen molar-refractivity contribution in [2.75, 3.05) is 0 Å². The third kappa shape index (κ3) is 3.79. The molecule has 28 heavy (non-hydrogen) atoms. The number of amides is 1. The Bertz CT molecular complexity index is 915. The van der Waals surface area contributed by atoms with Crippen molar-refractivity contribution in [3.8, 4) is 0 Å². The lowest BCUT2D eigenvalue weighted by Gasteiger charge is -2.24. The molecule has 1 atom stereocenters. The predicted octanol–water partition coefficient (Wildman–Crippen LogP) is 3.05. The molecule has 1 amide bonds. The van der Waals surface area contributed by atoms with Crippen LogP contribution >= 0.6 is 0 Å². The zero-order chi connectivity index (χ0) is 19.8. The van der Waals surface area contributed by atoms with Gasteiger partial charge in [0.25, 0.3) is 5.91 Å². The number of carbonyl (C=O) groups is 1. The van der Waals surface area contributed by atoms with Gasteiger partial charge < -0.3 is 9.74 Å². The summed E-state index contributed by atoms with van der Waals surface area (Å²) in [5.41, 5.74) is 4.91. The van der Waals surface area contributed by atoms with Gasteiger partial charge in [0, 0.05) is 43.7 Å². The highest BCUT2D eigenvalue weighted by Gasteiger charge is 2.39. The summed E-state index contributed by atoms with van der Waals surface area (Å²) in [6.45, 7) is 4.57. The second kappa shape index (κ2) is 7.37. The van der Waals surface area contributed by atoms with Crippen LogP contribution in [0.4, 0.5) is 4.39 Å². The third-order valence-electron chi connectivity index (χ3n) is 5.59. The van der Waals surface area contributed by atoms with Crippen molar-refractivity contribution in [1.82, 2.24) is 14.7 Å². The predicted molar refractivity (Wildman–Crippen MR) is 103 cm³/mol. The molecule has 1 aromatic heterocycles. The second-order valence-corrected chi connectivity index (χ2v) is 7.73. The number of halogens is 1. The van der Waals surface area contributed by atoms with Crippen LogP contribution < -0.4 is 0 Å². The molecule has 1 saturated carbocycles. The maximum Gasteiger partial charge on any atom is 0.267 e. The van der Waals surface area contributed by atoms with Gasteiger partial charge in [0.2, 0.25) is 6.10 Å². The van der Waals surface area contributed by atoms with E-state index in [1.54, 1.807) is 12.1 Å². The topological polar surface area (TPSA) is 59.7 Å². The summed E-state index contributed by atoms with van der Waals surface area (Å²) >= 11 is 0. The van der Waals surface area contributed by atoms with Crippen LogP contribution in [0.2, 0.25) is 0 Å². The standard InChI is InChI=1S/C21H25FN4O2/c1-13-19(14(2)25(3)23-13)12-26(18-8-9-18)21(27)20-11-17(24-28-20)10-15-4-6-16(22)7-5-15/h4-7,18,20H,8-12H2,1-3H3/t20-/m0/s1. The van der Waals surface area contributed by atoms with E-state index in [0.717, 1.165) is 41.1 Å². The molecule has 2 aliphatic rings. The van der Waals surface area contributed by atoms with Gasteiger partial charge in [0.15, 0.2) is 0 Å². The van der Waals surface area contributed by atoms with Crippen LogP contribution in [0.15, 0.2) is 29.4 Å². The van der Waals surface area contributed by atoms with E-state index in [0.29, 0.717) is 19.4 Å². The van der Waals surface area contributed by atoms with Gasteiger partial charge in [-0.05, 0) is 44.4 Å². The number of carbonyl (C=O) groups excluding carboxylic acids is 1. The van der Waals surface area contributed by atoms with Crippen molar-refractivity contribution < 1.29 is 14.0 Å². The van der Waals surface area contributed by atoms with Crippen LogP contribution in [0.1, 0.15) is 41.8 Å². The van der Waals surface area contributed by atoms with Crippen molar-refractivity contribution in [2.45, 2.75) is 58.2 Å². The molecule has 0 bridgehead atoms. The molecule has 4 rings (SSSR count). The highest BCUT2D eigenvalue weighted by molar-refractivity contribution is 5.94. The fourth-order valence-corrected chi connectivity index (χ4v) is 3.68. The Hall–Kier alpha value is -2.70. The first kappa shape index (κ1) is 18.7. The fraction of sp³-hybridized carbons (Fsp3) is 0.476. The van der Waals surface area contributed by atoms with Gasteiger partial charge in [0.1, 0.15) is 5.82 Å². The zero-order valence-electron chi connectivity index (χ0n) is 16.5. The SMILES string of the molecule is Cc1nn(C)c(C)c1CN(C(=O)[C@@H]1CC(Cc2ccc(F)cc2)=NO1)C1CC1. The first-order chi connectivity index (χ1) is 13.4. The summed E-state index contributed by atoms with van der Waals surface area (Å²) in [7, 11) is 1.92. The number of hydrogen-bond donors (Lipinski definition) is 0. The molecular formula is C21H25FN4O2. The molecule has 0 saturated heterocycles. The summed E-state index contributed by atoms with van der Waals surface area (Å²) in [6, 6.07) is 6.61. The molecule has 1 aliphatic heterocycles. The Morgan fingerprint density at radius 1 is 1.29 bits per heavy atom.